The van der Waals surface area contributed by atoms with Gasteiger partial charge in [0.05, 0.1) is 23.4 Å². The summed E-state index contributed by atoms with van der Waals surface area (Å²) in [6, 6.07) is 25.0. The first-order valence-corrected chi connectivity index (χ1v) is 15.0. The SMILES string of the molecule is COc1ccc(C)cc1N(CC(=O)N/N=C(/C)c1cccc(NC(=O)c2cccc(Cl)c2)c1)S(=O)(=O)c1ccc(C)cc1. The zero-order chi connectivity index (χ0) is 31.1. The lowest BCUT2D eigenvalue weighted by Gasteiger charge is -2.25. The quantitative estimate of drug-likeness (QED) is 0.168. The smallest absolute Gasteiger partial charge is 0.264 e. The van der Waals surface area contributed by atoms with Crippen molar-refractivity contribution in [3.8, 4) is 5.75 Å². The van der Waals surface area contributed by atoms with Gasteiger partial charge < -0.3 is 10.1 Å². The molecule has 0 radical (unpaired) electrons. The fourth-order valence-electron chi connectivity index (χ4n) is 4.16. The van der Waals surface area contributed by atoms with E-state index in [1.807, 2.05) is 13.8 Å². The molecule has 0 aromatic heterocycles. The topological polar surface area (TPSA) is 117 Å². The number of anilines is 2. The van der Waals surface area contributed by atoms with Crippen molar-refractivity contribution in [1.82, 2.24) is 5.43 Å². The Balaban J connectivity index is 1.55. The van der Waals surface area contributed by atoms with Crippen LogP contribution < -0.4 is 19.8 Å². The lowest BCUT2D eigenvalue weighted by atomic mass is 10.1. The van der Waals surface area contributed by atoms with Crippen LogP contribution in [0.2, 0.25) is 5.02 Å². The van der Waals surface area contributed by atoms with Crippen LogP contribution in [-0.4, -0.2) is 39.6 Å². The Morgan fingerprint density at radius 1 is 0.884 bits per heavy atom. The van der Waals surface area contributed by atoms with E-state index in [0.29, 0.717) is 33.3 Å². The molecule has 0 fully saturated rings. The third-order valence-corrected chi connectivity index (χ3v) is 8.48. The molecule has 0 saturated heterocycles. The summed E-state index contributed by atoms with van der Waals surface area (Å²) in [5, 5.41) is 7.46. The van der Waals surface area contributed by atoms with E-state index in [9.17, 15) is 18.0 Å². The molecule has 11 heteroatoms. The van der Waals surface area contributed by atoms with Crippen LogP contribution in [0.5, 0.6) is 5.75 Å². The van der Waals surface area contributed by atoms with Gasteiger partial charge >= 0.3 is 0 Å². The Morgan fingerprint density at radius 2 is 1.56 bits per heavy atom. The first-order chi connectivity index (χ1) is 20.5. The third-order valence-electron chi connectivity index (χ3n) is 6.47. The number of hydrazone groups is 1. The second kappa shape index (κ2) is 13.5. The van der Waals surface area contributed by atoms with E-state index in [4.69, 9.17) is 16.3 Å². The van der Waals surface area contributed by atoms with Gasteiger partial charge in [-0.2, -0.15) is 5.10 Å². The van der Waals surface area contributed by atoms with E-state index in [1.54, 1.807) is 85.8 Å². The van der Waals surface area contributed by atoms with Crippen molar-refractivity contribution < 1.29 is 22.7 Å². The highest BCUT2D eigenvalue weighted by Gasteiger charge is 2.29. The number of nitrogens with zero attached hydrogens (tertiary/aromatic N) is 2. The van der Waals surface area contributed by atoms with Gasteiger partial charge in [-0.25, -0.2) is 13.8 Å². The molecule has 0 spiro atoms. The van der Waals surface area contributed by atoms with Crippen molar-refractivity contribution in [2.45, 2.75) is 25.7 Å². The number of carbonyl (C=O) groups excluding carboxylic acids is 2. The number of aryl methyl sites for hydroxylation is 2. The minimum atomic E-state index is -4.15. The van der Waals surface area contributed by atoms with Crippen LogP contribution in [0.4, 0.5) is 11.4 Å². The number of benzene rings is 4. The predicted molar refractivity (Wildman–Crippen MR) is 170 cm³/mol. The van der Waals surface area contributed by atoms with Gasteiger partial charge in [-0.15, -0.1) is 0 Å². The first-order valence-electron chi connectivity index (χ1n) is 13.2. The van der Waals surface area contributed by atoms with Crippen molar-refractivity contribution >= 4 is 50.5 Å². The molecule has 0 heterocycles. The summed E-state index contributed by atoms with van der Waals surface area (Å²) in [5.41, 5.74) is 6.37. The maximum atomic E-state index is 13.8. The van der Waals surface area contributed by atoms with Crippen LogP contribution in [0.25, 0.3) is 0 Å². The van der Waals surface area contributed by atoms with Gasteiger partial charge in [-0.05, 0) is 86.5 Å². The summed E-state index contributed by atoms with van der Waals surface area (Å²) in [6.07, 6.45) is 0. The number of halogens is 1. The molecular formula is C32H31ClN4O5S. The van der Waals surface area contributed by atoms with Gasteiger partial charge in [0.2, 0.25) is 0 Å². The molecule has 0 aliphatic carbocycles. The average Bonchev–Trinajstić information content (AvgIpc) is 2.99. The van der Waals surface area contributed by atoms with E-state index in [1.165, 1.54) is 19.2 Å². The van der Waals surface area contributed by atoms with E-state index in [-0.39, 0.29) is 16.5 Å². The zero-order valence-corrected chi connectivity index (χ0v) is 25.7. The van der Waals surface area contributed by atoms with Crippen LogP contribution in [0.1, 0.15) is 34.0 Å². The van der Waals surface area contributed by atoms with E-state index >= 15 is 0 Å². The average molecular weight is 619 g/mol. The number of methoxy groups -OCH3 is 1. The molecule has 4 aromatic carbocycles. The number of ether oxygens (including phenoxy) is 1. The maximum absolute atomic E-state index is 13.8. The van der Waals surface area contributed by atoms with Gasteiger partial charge in [0.1, 0.15) is 12.3 Å². The largest absolute Gasteiger partial charge is 0.495 e. The van der Waals surface area contributed by atoms with Crippen LogP contribution in [0.15, 0.2) is 101 Å². The van der Waals surface area contributed by atoms with Crippen LogP contribution >= 0.6 is 11.6 Å². The summed E-state index contributed by atoms with van der Waals surface area (Å²) in [6.45, 7) is 4.80. The predicted octanol–water partition coefficient (Wildman–Crippen LogP) is 5.95. The van der Waals surface area contributed by atoms with Crippen molar-refractivity contribution in [2.75, 3.05) is 23.3 Å². The van der Waals surface area contributed by atoms with Crippen molar-refractivity contribution in [2.24, 2.45) is 5.10 Å². The van der Waals surface area contributed by atoms with Gasteiger partial charge in [-0.3, -0.25) is 13.9 Å². The Bertz CT molecular complexity index is 1790. The minimum absolute atomic E-state index is 0.0331. The molecule has 4 aromatic rings. The molecule has 4 rings (SSSR count). The van der Waals surface area contributed by atoms with Crippen LogP contribution in [0, 0.1) is 13.8 Å². The lowest BCUT2D eigenvalue weighted by molar-refractivity contribution is -0.119. The highest BCUT2D eigenvalue weighted by molar-refractivity contribution is 7.92. The van der Waals surface area contributed by atoms with Gasteiger partial charge in [0.15, 0.2) is 0 Å². The molecule has 0 saturated carbocycles. The molecule has 0 atom stereocenters. The number of nitrogens with one attached hydrogen (secondary N) is 2. The molecule has 0 aliphatic rings. The van der Waals surface area contributed by atoms with Gasteiger partial charge in [-0.1, -0.05) is 53.6 Å². The number of carbonyl (C=O) groups is 2. The first kappa shape index (κ1) is 31.3. The molecule has 0 unspecified atom stereocenters. The van der Waals surface area contributed by atoms with Crippen molar-refractivity contribution in [3.63, 3.8) is 0 Å². The number of sulfonamides is 1. The van der Waals surface area contributed by atoms with E-state index in [2.05, 4.69) is 15.8 Å². The Morgan fingerprint density at radius 3 is 2.26 bits per heavy atom. The Hall–Kier alpha value is -4.67. The summed E-state index contributed by atoms with van der Waals surface area (Å²) >= 11 is 6.00. The van der Waals surface area contributed by atoms with Crippen molar-refractivity contribution in [3.05, 3.63) is 118 Å². The monoisotopic (exact) mass is 618 g/mol. The second-order valence-electron chi connectivity index (χ2n) is 9.78. The molecule has 43 heavy (non-hydrogen) atoms. The standard InChI is InChI=1S/C32H31ClN4O5S/c1-21-11-14-28(15-12-21)43(40,41)37(29-17-22(2)13-16-30(29)42-4)20-31(38)36-35-23(3)24-7-6-10-27(19-24)34-32(39)25-8-5-9-26(33)18-25/h5-19H,20H2,1-4H3,(H,34,39)(H,36,38)/b35-23-. The van der Waals surface area contributed by atoms with Crippen molar-refractivity contribution in [1.29, 1.82) is 0 Å². The Kier molecular flexibility index (Phi) is 9.84. The molecule has 222 valence electrons. The number of hydrogen-bond donors (Lipinski definition) is 2. The Labute approximate surface area is 256 Å². The molecular weight excluding hydrogens is 588 g/mol. The molecule has 0 bridgehead atoms. The highest BCUT2D eigenvalue weighted by Crippen LogP contribution is 2.33. The van der Waals surface area contributed by atoms with Crippen LogP contribution in [-0.2, 0) is 14.8 Å². The maximum Gasteiger partial charge on any atom is 0.264 e. The van der Waals surface area contributed by atoms with Gasteiger partial charge in [0, 0.05) is 16.3 Å². The summed E-state index contributed by atoms with van der Waals surface area (Å²) in [7, 11) is -2.72. The van der Waals surface area contributed by atoms with Crippen LogP contribution in [0.3, 0.4) is 0 Å². The lowest BCUT2D eigenvalue weighted by Crippen LogP contribution is -2.40. The summed E-state index contributed by atoms with van der Waals surface area (Å²) < 4.78 is 34.0. The number of amides is 2. The fraction of sp³-hybridized carbons (Fsp3) is 0.156. The van der Waals surface area contributed by atoms with E-state index in [0.717, 1.165) is 15.4 Å². The fourth-order valence-corrected chi connectivity index (χ4v) is 5.78. The zero-order valence-electron chi connectivity index (χ0n) is 24.1. The summed E-state index contributed by atoms with van der Waals surface area (Å²) in [4.78, 5) is 25.8. The molecule has 2 amide bonds. The highest BCUT2D eigenvalue weighted by atomic mass is 35.5. The normalized spacial score (nSPS) is 11.5. The van der Waals surface area contributed by atoms with Gasteiger partial charge in [0.25, 0.3) is 21.8 Å². The second-order valence-corrected chi connectivity index (χ2v) is 12.1. The molecule has 0 aliphatic heterocycles. The molecule has 9 nitrogen and oxygen atoms in total. The number of hydrogen-bond acceptors (Lipinski definition) is 6. The summed E-state index contributed by atoms with van der Waals surface area (Å²) in [5.74, 6) is -0.696. The van der Waals surface area contributed by atoms with E-state index < -0.39 is 22.5 Å². The third kappa shape index (κ3) is 7.79. The molecule has 2 N–H and O–H groups in total. The minimum Gasteiger partial charge on any atom is -0.495 e. The number of rotatable bonds is 10.